The van der Waals surface area contributed by atoms with E-state index in [2.05, 4.69) is 11.9 Å². The summed E-state index contributed by atoms with van der Waals surface area (Å²) in [5, 5.41) is 0.513. The smallest absolute Gasteiger partial charge is 0.408 e. The molecular formula is C8H5ClNO2. The second-order valence-corrected chi connectivity index (χ2v) is 2.86. The molecule has 4 heteroatoms. The van der Waals surface area contributed by atoms with Crippen molar-refractivity contribution in [3.8, 4) is 0 Å². The van der Waals surface area contributed by atoms with E-state index < -0.39 is 5.76 Å². The van der Waals surface area contributed by atoms with Gasteiger partial charge in [0.15, 0.2) is 5.58 Å². The summed E-state index contributed by atoms with van der Waals surface area (Å²) >= 11 is 5.77. The van der Waals surface area contributed by atoms with Gasteiger partial charge < -0.3 is 4.42 Å². The van der Waals surface area contributed by atoms with Crippen molar-refractivity contribution in [3.63, 3.8) is 0 Å². The Morgan fingerprint density at radius 1 is 1.50 bits per heavy atom. The molecule has 1 N–H and O–H groups in total. The van der Waals surface area contributed by atoms with Crippen molar-refractivity contribution in [2.45, 2.75) is 0 Å². The lowest BCUT2D eigenvalue weighted by Gasteiger charge is -1.94. The second-order valence-electron chi connectivity index (χ2n) is 2.45. The third-order valence-corrected chi connectivity index (χ3v) is 1.94. The first kappa shape index (κ1) is 7.43. The zero-order chi connectivity index (χ0) is 8.72. The lowest BCUT2D eigenvalue weighted by molar-refractivity contribution is 0.555. The van der Waals surface area contributed by atoms with Gasteiger partial charge in [-0.15, -0.1) is 0 Å². The quantitative estimate of drug-likeness (QED) is 0.677. The normalized spacial score (nSPS) is 10.8. The minimum atomic E-state index is -0.480. The van der Waals surface area contributed by atoms with E-state index in [0.717, 1.165) is 0 Å². The molecule has 0 unspecified atom stereocenters. The van der Waals surface area contributed by atoms with Gasteiger partial charge in [-0.3, -0.25) is 4.98 Å². The number of halogens is 1. The Bertz CT molecular complexity index is 441. The van der Waals surface area contributed by atoms with E-state index in [4.69, 9.17) is 16.0 Å². The van der Waals surface area contributed by atoms with E-state index in [-0.39, 0.29) is 0 Å². The highest BCUT2D eigenvalue weighted by atomic mass is 35.5. The van der Waals surface area contributed by atoms with E-state index >= 15 is 0 Å². The topological polar surface area (TPSA) is 46.0 Å². The second kappa shape index (κ2) is 2.38. The van der Waals surface area contributed by atoms with Crippen molar-refractivity contribution in [1.29, 1.82) is 0 Å². The zero-order valence-corrected chi connectivity index (χ0v) is 6.81. The zero-order valence-electron chi connectivity index (χ0n) is 6.06. The molecule has 0 saturated heterocycles. The van der Waals surface area contributed by atoms with Crippen LogP contribution in [0.15, 0.2) is 21.3 Å². The first-order chi connectivity index (χ1) is 5.66. The third-order valence-electron chi connectivity index (χ3n) is 1.59. The summed E-state index contributed by atoms with van der Waals surface area (Å²) in [5.74, 6) is -0.480. The van der Waals surface area contributed by atoms with Crippen LogP contribution in [0, 0.1) is 6.92 Å². The van der Waals surface area contributed by atoms with E-state index in [9.17, 15) is 4.79 Å². The molecule has 0 aliphatic carbocycles. The number of benzene rings is 1. The molecule has 0 bridgehead atoms. The number of rotatable bonds is 0. The van der Waals surface area contributed by atoms with Crippen LogP contribution in [-0.4, -0.2) is 4.98 Å². The Kier molecular flexibility index (Phi) is 1.48. The molecule has 0 atom stereocenters. The maximum Gasteiger partial charge on any atom is 0.417 e. The summed E-state index contributed by atoms with van der Waals surface area (Å²) in [5.41, 5.74) is 1.72. The Morgan fingerprint density at radius 3 is 3.00 bits per heavy atom. The van der Waals surface area contributed by atoms with Gasteiger partial charge in [0.2, 0.25) is 0 Å². The standard InChI is InChI=1S/C8H5ClNO2/c1-4-2-7-6(3-5(4)9)10-8(11)12-7/h2-3H,1H2,(H,10,11). The fourth-order valence-electron chi connectivity index (χ4n) is 1.01. The molecule has 1 aromatic heterocycles. The lowest BCUT2D eigenvalue weighted by Crippen LogP contribution is -1.92. The predicted molar refractivity (Wildman–Crippen MR) is 46.3 cm³/mol. The lowest BCUT2D eigenvalue weighted by atomic mass is 10.2. The van der Waals surface area contributed by atoms with Gasteiger partial charge in [0.1, 0.15) is 0 Å². The Balaban J connectivity index is 2.92. The van der Waals surface area contributed by atoms with Crippen LogP contribution in [0.5, 0.6) is 0 Å². The number of nitrogens with one attached hydrogen (secondary N) is 1. The number of aromatic amines is 1. The first-order valence-electron chi connectivity index (χ1n) is 3.31. The SMILES string of the molecule is [CH2]c1cc2oc(=O)[nH]c2cc1Cl. The number of H-pyrrole nitrogens is 1. The molecule has 12 heavy (non-hydrogen) atoms. The third kappa shape index (κ3) is 1.02. The minimum absolute atomic E-state index is 0.480. The number of hydrogen-bond donors (Lipinski definition) is 1. The molecule has 61 valence electrons. The van der Waals surface area contributed by atoms with Gasteiger partial charge in [-0.1, -0.05) is 11.6 Å². The van der Waals surface area contributed by atoms with Gasteiger partial charge in [-0.25, -0.2) is 4.79 Å². The highest BCUT2D eigenvalue weighted by Crippen LogP contribution is 2.20. The number of oxazole rings is 1. The summed E-state index contributed by atoms with van der Waals surface area (Å²) in [6, 6.07) is 3.24. The van der Waals surface area contributed by atoms with Gasteiger partial charge in [0, 0.05) is 5.02 Å². The van der Waals surface area contributed by atoms with Crippen molar-refractivity contribution in [2.24, 2.45) is 0 Å². The number of aromatic nitrogens is 1. The van der Waals surface area contributed by atoms with Crippen molar-refractivity contribution in [3.05, 3.63) is 40.2 Å². The van der Waals surface area contributed by atoms with Crippen molar-refractivity contribution < 1.29 is 4.42 Å². The molecule has 0 spiro atoms. The van der Waals surface area contributed by atoms with Gasteiger partial charge >= 0.3 is 5.76 Å². The molecule has 2 aromatic rings. The maximum absolute atomic E-state index is 10.7. The van der Waals surface area contributed by atoms with Crippen LogP contribution < -0.4 is 5.76 Å². The van der Waals surface area contributed by atoms with Crippen molar-refractivity contribution >= 4 is 22.7 Å². The molecule has 2 rings (SSSR count). The van der Waals surface area contributed by atoms with E-state index in [0.29, 0.717) is 21.7 Å². The molecule has 1 radical (unpaired) electrons. The van der Waals surface area contributed by atoms with Crippen LogP contribution in [0.25, 0.3) is 11.1 Å². The minimum Gasteiger partial charge on any atom is -0.408 e. The first-order valence-corrected chi connectivity index (χ1v) is 3.69. The Morgan fingerprint density at radius 2 is 2.25 bits per heavy atom. The predicted octanol–water partition coefficient (Wildman–Crippen LogP) is 1.96. The maximum atomic E-state index is 10.7. The molecule has 0 aliphatic heterocycles. The molecule has 0 fully saturated rings. The van der Waals surface area contributed by atoms with Crippen LogP contribution in [0.4, 0.5) is 0 Å². The fraction of sp³-hybridized carbons (Fsp3) is 0. The number of fused-ring (bicyclic) bond motifs is 1. The molecule has 1 aromatic carbocycles. The Labute approximate surface area is 73.0 Å². The summed E-state index contributed by atoms with van der Waals surface area (Å²) in [6.07, 6.45) is 0. The summed E-state index contributed by atoms with van der Waals surface area (Å²) in [4.78, 5) is 13.2. The van der Waals surface area contributed by atoms with Crippen LogP contribution in [0.3, 0.4) is 0 Å². The van der Waals surface area contributed by atoms with Crippen LogP contribution >= 0.6 is 11.6 Å². The monoisotopic (exact) mass is 182 g/mol. The highest BCUT2D eigenvalue weighted by molar-refractivity contribution is 6.32. The van der Waals surface area contributed by atoms with Gasteiger partial charge in [0.25, 0.3) is 0 Å². The average Bonchev–Trinajstić information content (AvgIpc) is 2.30. The van der Waals surface area contributed by atoms with Crippen molar-refractivity contribution in [1.82, 2.24) is 4.98 Å². The van der Waals surface area contributed by atoms with Crippen molar-refractivity contribution in [2.75, 3.05) is 0 Å². The van der Waals surface area contributed by atoms with Crippen LogP contribution in [0.2, 0.25) is 5.02 Å². The fourth-order valence-corrected chi connectivity index (χ4v) is 1.18. The Hall–Kier alpha value is -1.22. The van der Waals surface area contributed by atoms with Gasteiger partial charge in [0.05, 0.1) is 5.52 Å². The average molecular weight is 183 g/mol. The van der Waals surface area contributed by atoms with Crippen LogP contribution in [-0.2, 0) is 0 Å². The summed E-state index contributed by atoms with van der Waals surface area (Å²) < 4.78 is 4.79. The largest absolute Gasteiger partial charge is 0.417 e. The van der Waals surface area contributed by atoms with E-state index in [1.165, 1.54) is 0 Å². The molecule has 0 amide bonds. The van der Waals surface area contributed by atoms with E-state index in [1.807, 2.05) is 0 Å². The molecule has 0 aliphatic rings. The summed E-state index contributed by atoms with van der Waals surface area (Å²) in [6.45, 7) is 3.67. The number of hydrogen-bond acceptors (Lipinski definition) is 2. The molecule has 1 heterocycles. The molecular weight excluding hydrogens is 178 g/mol. The molecule has 3 nitrogen and oxygen atoms in total. The highest BCUT2D eigenvalue weighted by Gasteiger charge is 2.03. The van der Waals surface area contributed by atoms with Crippen LogP contribution in [0.1, 0.15) is 5.56 Å². The van der Waals surface area contributed by atoms with Gasteiger partial charge in [-0.2, -0.15) is 0 Å². The molecule has 0 saturated carbocycles. The summed E-state index contributed by atoms with van der Waals surface area (Å²) in [7, 11) is 0. The van der Waals surface area contributed by atoms with E-state index in [1.54, 1.807) is 12.1 Å². The van der Waals surface area contributed by atoms with Gasteiger partial charge in [-0.05, 0) is 24.6 Å².